The molecule has 0 aromatic heterocycles. The van der Waals surface area contributed by atoms with Gasteiger partial charge in [0, 0.05) is 17.7 Å². The van der Waals surface area contributed by atoms with Gasteiger partial charge in [0.1, 0.15) is 10.1 Å². The molecule has 4 heteroatoms. The van der Waals surface area contributed by atoms with E-state index in [0.717, 1.165) is 41.8 Å². The highest BCUT2D eigenvalue weighted by molar-refractivity contribution is 8.22. The Balaban J connectivity index is 1.49. The normalized spacial score (nSPS) is 10.9. The SMILES string of the molecule is CCCCCCCCNC(=S)SCCCCOc1cccc2ccccc12. The first kappa shape index (κ1) is 22.0. The van der Waals surface area contributed by atoms with Crippen LogP contribution in [0.5, 0.6) is 5.75 Å². The fourth-order valence-corrected chi connectivity index (χ4v) is 4.11. The maximum Gasteiger partial charge on any atom is 0.133 e. The summed E-state index contributed by atoms with van der Waals surface area (Å²) < 4.78 is 6.93. The van der Waals surface area contributed by atoms with Gasteiger partial charge in [-0.15, -0.1) is 0 Å². The van der Waals surface area contributed by atoms with E-state index in [4.69, 9.17) is 17.0 Å². The lowest BCUT2D eigenvalue weighted by molar-refractivity contribution is 0.313. The Morgan fingerprint density at radius 2 is 1.70 bits per heavy atom. The van der Waals surface area contributed by atoms with Crippen LogP contribution in [0.25, 0.3) is 10.8 Å². The molecule has 0 spiro atoms. The summed E-state index contributed by atoms with van der Waals surface area (Å²) in [5, 5.41) is 5.79. The molecule has 0 heterocycles. The third kappa shape index (κ3) is 8.98. The summed E-state index contributed by atoms with van der Waals surface area (Å²) in [6.45, 7) is 4.03. The molecule has 0 bridgehead atoms. The number of fused-ring (bicyclic) bond motifs is 1. The summed E-state index contributed by atoms with van der Waals surface area (Å²) >= 11 is 7.16. The molecule has 0 atom stereocenters. The van der Waals surface area contributed by atoms with Crippen LogP contribution in [0, 0.1) is 0 Å². The quantitative estimate of drug-likeness (QED) is 0.288. The molecular formula is C23H33NOS2. The minimum atomic E-state index is 0.756. The second-order valence-electron chi connectivity index (χ2n) is 6.86. The average Bonchev–Trinajstić information content (AvgIpc) is 2.70. The summed E-state index contributed by atoms with van der Waals surface area (Å²) in [6, 6.07) is 14.6. The molecule has 0 radical (unpaired) electrons. The van der Waals surface area contributed by atoms with Gasteiger partial charge in [0.15, 0.2) is 0 Å². The van der Waals surface area contributed by atoms with E-state index in [2.05, 4.69) is 54.7 Å². The zero-order valence-corrected chi connectivity index (χ0v) is 18.2. The van der Waals surface area contributed by atoms with Crippen LogP contribution in [0.1, 0.15) is 58.3 Å². The van der Waals surface area contributed by atoms with Crippen LogP contribution < -0.4 is 10.1 Å². The van der Waals surface area contributed by atoms with Crippen LogP contribution in [0.3, 0.4) is 0 Å². The van der Waals surface area contributed by atoms with E-state index in [0.29, 0.717) is 0 Å². The Hall–Kier alpha value is -1.26. The van der Waals surface area contributed by atoms with Crippen molar-refractivity contribution in [3.8, 4) is 5.75 Å². The summed E-state index contributed by atoms with van der Waals surface area (Å²) in [5.41, 5.74) is 0. The second kappa shape index (κ2) is 13.8. The van der Waals surface area contributed by atoms with E-state index >= 15 is 0 Å². The molecule has 0 unspecified atom stereocenters. The van der Waals surface area contributed by atoms with E-state index in [1.54, 1.807) is 11.8 Å². The van der Waals surface area contributed by atoms with Crippen molar-refractivity contribution in [2.75, 3.05) is 18.9 Å². The summed E-state index contributed by atoms with van der Waals surface area (Å²) in [4.78, 5) is 0. The van der Waals surface area contributed by atoms with Crippen molar-refractivity contribution in [3.05, 3.63) is 42.5 Å². The topological polar surface area (TPSA) is 21.3 Å². The molecule has 148 valence electrons. The molecule has 2 aromatic rings. The number of benzene rings is 2. The lowest BCUT2D eigenvalue weighted by atomic mass is 10.1. The van der Waals surface area contributed by atoms with Gasteiger partial charge in [-0.3, -0.25) is 0 Å². The predicted molar refractivity (Wildman–Crippen MR) is 125 cm³/mol. The molecule has 2 rings (SSSR count). The van der Waals surface area contributed by atoms with Gasteiger partial charge in [0.25, 0.3) is 0 Å². The molecule has 0 amide bonds. The van der Waals surface area contributed by atoms with Crippen molar-refractivity contribution >= 4 is 39.1 Å². The van der Waals surface area contributed by atoms with Crippen molar-refractivity contribution < 1.29 is 4.74 Å². The highest BCUT2D eigenvalue weighted by atomic mass is 32.2. The molecular weight excluding hydrogens is 370 g/mol. The monoisotopic (exact) mass is 403 g/mol. The minimum Gasteiger partial charge on any atom is -0.493 e. The molecule has 0 saturated carbocycles. The average molecular weight is 404 g/mol. The number of thioether (sulfide) groups is 1. The van der Waals surface area contributed by atoms with Crippen molar-refractivity contribution in [2.45, 2.75) is 58.3 Å². The van der Waals surface area contributed by atoms with Gasteiger partial charge in [-0.1, -0.05) is 99.4 Å². The van der Waals surface area contributed by atoms with Gasteiger partial charge in [-0.25, -0.2) is 0 Å². The Morgan fingerprint density at radius 1 is 0.926 bits per heavy atom. The van der Waals surface area contributed by atoms with E-state index in [1.165, 1.54) is 49.3 Å². The highest BCUT2D eigenvalue weighted by Gasteiger charge is 2.01. The van der Waals surface area contributed by atoms with Gasteiger partial charge in [0.05, 0.1) is 6.61 Å². The molecule has 0 aliphatic carbocycles. The summed E-state index contributed by atoms with van der Waals surface area (Å²) in [5.74, 6) is 2.04. The fraction of sp³-hybridized carbons (Fsp3) is 0.522. The highest BCUT2D eigenvalue weighted by Crippen LogP contribution is 2.25. The van der Waals surface area contributed by atoms with Crippen LogP contribution >= 0.6 is 24.0 Å². The number of thiocarbonyl (C=S) groups is 1. The van der Waals surface area contributed by atoms with Gasteiger partial charge in [0.2, 0.25) is 0 Å². The van der Waals surface area contributed by atoms with Gasteiger partial charge in [-0.2, -0.15) is 0 Å². The molecule has 0 saturated heterocycles. The first-order valence-electron chi connectivity index (χ1n) is 10.3. The lowest BCUT2D eigenvalue weighted by Crippen LogP contribution is -2.19. The zero-order valence-electron chi connectivity index (χ0n) is 16.5. The standard InChI is InChI=1S/C23H33NOS2/c1-2-3-4-5-6-9-17-24-23(26)27-19-11-10-18-25-22-16-12-14-20-13-7-8-15-21(20)22/h7-8,12-16H,2-6,9-11,17-19H2,1H3,(H,24,26). The smallest absolute Gasteiger partial charge is 0.133 e. The van der Waals surface area contributed by atoms with Crippen LogP contribution in [0.4, 0.5) is 0 Å². The Bertz CT molecular complexity index is 669. The third-order valence-corrected chi connectivity index (χ3v) is 5.98. The number of hydrogen-bond acceptors (Lipinski definition) is 3. The number of nitrogens with one attached hydrogen (secondary N) is 1. The van der Waals surface area contributed by atoms with Crippen molar-refractivity contribution in [1.82, 2.24) is 5.32 Å². The first-order valence-corrected chi connectivity index (χ1v) is 11.7. The van der Waals surface area contributed by atoms with Crippen LogP contribution in [-0.4, -0.2) is 23.2 Å². The maximum atomic E-state index is 5.99. The minimum absolute atomic E-state index is 0.756. The van der Waals surface area contributed by atoms with E-state index in [1.807, 2.05) is 0 Å². The van der Waals surface area contributed by atoms with E-state index in [-0.39, 0.29) is 0 Å². The fourth-order valence-electron chi connectivity index (χ4n) is 3.02. The maximum absolute atomic E-state index is 5.99. The number of unbranched alkanes of at least 4 members (excludes halogenated alkanes) is 6. The first-order chi connectivity index (χ1) is 13.3. The predicted octanol–water partition coefficient (Wildman–Crippen LogP) is 6.97. The molecule has 2 aromatic carbocycles. The largest absolute Gasteiger partial charge is 0.493 e. The molecule has 2 nitrogen and oxygen atoms in total. The van der Waals surface area contributed by atoms with Crippen molar-refractivity contribution in [2.24, 2.45) is 0 Å². The zero-order chi connectivity index (χ0) is 19.2. The molecule has 0 fully saturated rings. The summed E-state index contributed by atoms with van der Waals surface area (Å²) in [7, 11) is 0. The van der Waals surface area contributed by atoms with Crippen molar-refractivity contribution in [1.29, 1.82) is 0 Å². The molecule has 0 aliphatic rings. The van der Waals surface area contributed by atoms with E-state index in [9.17, 15) is 0 Å². The van der Waals surface area contributed by atoms with Gasteiger partial charge in [-0.05, 0) is 30.7 Å². The number of hydrogen-bond donors (Lipinski definition) is 1. The number of ether oxygens (including phenoxy) is 1. The Labute approximate surface area is 174 Å². The van der Waals surface area contributed by atoms with Gasteiger partial charge >= 0.3 is 0 Å². The molecule has 27 heavy (non-hydrogen) atoms. The van der Waals surface area contributed by atoms with Crippen LogP contribution in [0.15, 0.2) is 42.5 Å². The van der Waals surface area contributed by atoms with Gasteiger partial charge < -0.3 is 10.1 Å². The van der Waals surface area contributed by atoms with Crippen LogP contribution in [-0.2, 0) is 0 Å². The summed E-state index contributed by atoms with van der Waals surface area (Å²) in [6.07, 6.45) is 10.1. The third-order valence-electron chi connectivity index (χ3n) is 4.58. The Morgan fingerprint density at radius 3 is 2.59 bits per heavy atom. The van der Waals surface area contributed by atoms with Crippen molar-refractivity contribution in [3.63, 3.8) is 0 Å². The van der Waals surface area contributed by atoms with Crippen LogP contribution in [0.2, 0.25) is 0 Å². The second-order valence-corrected chi connectivity index (χ2v) is 8.64. The Kier molecular flexibility index (Phi) is 11.3. The molecule has 1 N–H and O–H groups in total. The van der Waals surface area contributed by atoms with E-state index < -0.39 is 0 Å². The molecule has 0 aliphatic heterocycles. The lowest BCUT2D eigenvalue weighted by Gasteiger charge is -2.10. The number of rotatable bonds is 13.